The summed E-state index contributed by atoms with van der Waals surface area (Å²) in [4.78, 5) is 5.31. The van der Waals surface area contributed by atoms with E-state index in [1.807, 2.05) is 13.0 Å². The van der Waals surface area contributed by atoms with Crippen molar-refractivity contribution in [2.24, 2.45) is 0 Å². The molecule has 0 aliphatic rings. The minimum Gasteiger partial charge on any atom is -0.585 e. The van der Waals surface area contributed by atoms with E-state index in [-0.39, 0.29) is 11.3 Å². The molecule has 0 fully saturated rings. The summed E-state index contributed by atoms with van der Waals surface area (Å²) in [6.45, 7) is 5.54. The van der Waals surface area contributed by atoms with Gasteiger partial charge in [0, 0.05) is 18.2 Å². The van der Waals surface area contributed by atoms with E-state index >= 15 is 0 Å². The minimum atomic E-state index is -0.389. The highest BCUT2D eigenvalue weighted by Crippen LogP contribution is 2.19. The van der Waals surface area contributed by atoms with Crippen LogP contribution >= 0.6 is 0 Å². The smallest absolute Gasteiger partial charge is 0.194 e. The van der Waals surface area contributed by atoms with Gasteiger partial charge in [-0.05, 0) is 19.1 Å². The van der Waals surface area contributed by atoms with Gasteiger partial charge >= 0.3 is 0 Å². The van der Waals surface area contributed by atoms with E-state index < -0.39 is 0 Å². The van der Waals surface area contributed by atoms with Crippen LogP contribution in [0.15, 0.2) is 67.3 Å². The predicted octanol–water partition coefficient (Wildman–Crippen LogP) is 2.65. The Morgan fingerprint density at radius 3 is 2.50 bits per heavy atom. The van der Waals surface area contributed by atoms with E-state index in [4.69, 9.17) is 9.57 Å². The van der Waals surface area contributed by atoms with Gasteiger partial charge in [-0.3, -0.25) is 0 Å². The lowest BCUT2D eigenvalue weighted by Gasteiger charge is -2.20. The normalized spacial score (nSPS) is 13.3. The first-order valence-electron chi connectivity index (χ1n) is 6.35. The molecule has 0 radical (unpaired) electrons. The molecule has 0 spiro atoms. The Bertz CT molecular complexity index is 557. The van der Waals surface area contributed by atoms with Crippen LogP contribution in [-0.2, 0) is 0 Å². The summed E-state index contributed by atoms with van der Waals surface area (Å²) in [5.74, 6) is 1.09. The standard InChI is InChI=1S/C16H17NO3/c1-3-13(2)19-15-10-7-11-16(12-15)20-17(18)14-8-5-4-6-9-14/h3-13,17H,1H2,2H3. The summed E-state index contributed by atoms with van der Waals surface area (Å²) in [6.07, 6.45) is 1.60. The fourth-order valence-corrected chi connectivity index (χ4v) is 1.61. The first-order valence-corrected chi connectivity index (χ1v) is 6.35. The Balaban J connectivity index is 2.06. The average molecular weight is 271 g/mol. The largest absolute Gasteiger partial charge is 0.585 e. The molecule has 2 aromatic carbocycles. The Hall–Kier alpha value is -2.30. The number of hydrogen-bond acceptors (Lipinski definition) is 3. The summed E-state index contributed by atoms with van der Waals surface area (Å²) in [5, 5.41) is 11.5. The highest BCUT2D eigenvalue weighted by molar-refractivity contribution is 5.33. The first kappa shape index (κ1) is 14.1. The Labute approximate surface area is 118 Å². The molecule has 0 saturated carbocycles. The van der Waals surface area contributed by atoms with E-state index in [2.05, 4.69) is 6.58 Å². The molecular formula is C16H17NO3. The van der Waals surface area contributed by atoms with Crippen molar-refractivity contribution in [2.45, 2.75) is 13.0 Å². The zero-order valence-corrected chi connectivity index (χ0v) is 11.3. The van der Waals surface area contributed by atoms with Crippen molar-refractivity contribution in [1.29, 1.82) is 0 Å². The maximum absolute atomic E-state index is 11.9. The topological polar surface area (TPSA) is 46.0 Å². The molecule has 0 aliphatic carbocycles. The van der Waals surface area contributed by atoms with E-state index in [0.29, 0.717) is 17.2 Å². The lowest BCUT2D eigenvalue weighted by atomic mass is 10.3. The van der Waals surface area contributed by atoms with Gasteiger partial charge in [-0.1, -0.05) is 36.9 Å². The zero-order chi connectivity index (χ0) is 14.4. The molecule has 0 saturated heterocycles. The molecule has 0 heterocycles. The van der Waals surface area contributed by atoms with E-state index in [9.17, 15) is 5.21 Å². The van der Waals surface area contributed by atoms with Crippen LogP contribution in [0.4, 0.5) is 5.69 Å². The molecule has 0 bridgehead atoms. The second kappa shape index (κ2) is 6.75. The molecule has 104 valence electrons. The fraction of sp³-hybridized carbons (Fsp3) is 0.125. The third-order valence-corrected chi connectivity index (χ3v) is 2.68. The van der Waals surface area contributed by atoms with Crippen molar-refractivity contribution < 1.29 is 14.8 Å². The number of nitrogens with one attached hydrogen (secondary N) is 1. The molecule has 20 heavy (non-hydrogen) atoms. The predicted molar refractivity (Wildman–Crippen MR) is 77.8 cm³/mol. The summed E-state index contributed by atoms with van der Waals surface area (Å²) >= 11 is 0. The van der Waals surface area contributed by atoms with Crippen molar-refractivity contribution in [3.8, 4) is 11.5 Å². The van der Waals surface area contributed by atoms with Crippen LogP contribution in [-0.4, -0.2) is 6.10 Å². The Morgan fingerprint density at radius 1 is 1.10 bits per heavy atom. The van der Waals surface area contributed by atoms with Crippen LogP contribution in [0.3, 0.4) is 0 Å². The van der Waals surface area contributed by atoms with Crippen LogP contribution in [0.25, 0.3) is 0 Å². The zero-order valence-electron chi connectivity index (χ0n) is 11.3. The van der Waals surface area contributed by atoms with Crippen molar-refractivity contribution in [2.75, 3.05) is 0 Å². The van der Waals surface area contributed by atoms with Gasteiger partial charge in [-0.15, -0.1) is 5.23 Å². The molecule has 2 aromatic rings. The van der Waals surface area contributed by atoms with Gasteiger partial charge in [0.05, 0.1) is 0 Å². The van der Waals surface area contributed by atoms with Gasteiger partial charge in [0.15, 0.2) is 11.4 Å². The van der Waals surface area contributed by atoms with Gasteiger partial charge < -0.3 is 14.8 Å². The van der Waals surface area contributed by atoms with Crippen molar-refractivity contribution in [3.05, 3.63) is 72.5 Å². The highest BCUT2D eigenvalue weighted by atomic mass is 16.9. The summed E-state index contributed by atoms with van der Waals surface area (Å²) in [7, 11) is 0. The summed E-state index contributed by atoms with van der Waals surface area (Å²) < 4.78 is 5.58. The summed E-state index contributed by atoms with van der Waals surface area (Å²) in [5.41, 5.74) is 0.512. The number of benzene rings is 2. The van der Waals surface area contributed by atoms with Gasteiger partial charge in [-0.2, -0.15) is 0 Å². The summed E-state index contributed by atoms with van der Waals surface area (Å²) in [6, 6.07) is 15.8. The number of quaternary nitrogens is 1. The van der Waals surface area contributed by atoms with E-state index in [1.165, 1.54) is 0 Å². The highest BCUT2D eigenvalue weighted by Gasteiger charge is 2.07. The van der Waals surface area contributed by atoms with Crippen LogP contribution in [0.1, 0.15) is 6.92 Å². The van der Waals surface area contributed by atoms with Gasteiger partial charge in [0.2, 0.25) is 0 Å². The van der Waals surface area contributed by atoms with Crippen LogP contribution in [0.5, 0.6) is 11.5 Å². The maximum atomic E-state index is 11.9. The van der Waals surface area contributed by atoms with Crippen molar-refractivity contribution in [3.63, 3.8) is 0 Å². The average Bonchev–Trinajstić information content (AvgIpc) is 2.48. The van der Waals surface area contributed by atoms with Gasteiger partial charge in [0.25, 0.3) is 0 Å². The molecule has 0 aromatic heterocycles. The second-order valence-corrected chi connectivity index (χ2v) is 4.29. The SMILES string of the molecule is C=CC(C)Oc1cccc(O[NH+]([O-])c2ccccc2)c1. The number of rotatable bonds is 6. The minimum absolute atomic E-state index is 0.102. The molecule has 1 N–H and O–H groups in total. The third kappa shape index (κ3) is 3.85. The molecular weight excluding hydrogens is 254 g/mol. The maximum Gasteiger partial charge on any atom is 0.194 e. The monoisotopic (exact) mass is 271 g/mol. The number of hydrogen-bond donors (Lipinski definition) is 1. The lowest BCUT2D eigenvalue weighted by molar-refractivity contribution is -0.963. The van der Waals surface area contributed by atoms with Crippen LogP contribution < -0.4 is 14.8 Å². The second-order valence-electron chi connectivity index (χ2n) is 4.29. The fourth-order valence-electron chi connectivity index (χ4n) is 1.61. The third-order valence-electron chi connectivity index (χ3n) is 2.68. The molecule has 2 atom stereocenters. The Morgan fingerprint density at radius 2 is 1.80 bits per heavy atom. The first-order chi connectivity index (χ1) is 9.69. The van der Waals surface area contributed by atoms with Gasteiger partial charge in [-0.25, -0.2) is 0 Å². The van der Waals surface area contributed by atoms with Crippen LogP contribution in [0, 0.1) is 5.21 Å². The Kier molecular flexibility index (Phi) is 4.76. The van der Waals surface area contributed by atoms with Gasteiger partial charge in [0.1, 0.15) is 11.9 Å². The molecule has 4 nitrogen and oxygen atoms in total. The van der Waals surface area contributed by atoms with Crippen LogP contribution in [0.2, 0.25) is 0 Å². The molecule has 2 unspecified atom stereocenters. The number of ether oxygens (including phenoxy) is 1. The lowest BCUT2D eigenvalue weighted by Crippen LogP contribution is -3.04. The molecule has 0 amide bonds. The molecule has 0 aliphatic heterocycles. The van der Waals surface area contributed by atoms with E-state index in [0.717, 1.165) is 0 Å². The van der Waals surface area contributed by atoms with Crippen molar-refractivity contribution >= 4 is 5.69 Å². The van der Waals surface area contributed by atoms with E-state index in [1.54, 1.807) is 54.6 Å². The van der Waals surface area contributed by atoms with Crippen molar-refractivity contribution in [1.82, 2.24) is 0 Å². The molecule has 4 heteroatoms. The molecule has 2 rings (SSSR count). The quantitative estimate of drug-likeness (QED) is 0.649.